The highest BCUT2D eigenvalue weighted by Gasteiger charge is 2.26. The summed E-state index contributed by atoms with van der Waals surface area (Å²) < 4.78 is 21.8. The average Bonchev–Trinajstić information content (AvgIpc) is 2.59. The summed E-state index contributed by atoms with van der Waals surface area (Å²) in [6.07, 6.45) is 0. The maximum Gasteiger partial charge on any atom is 0.131 e. The molecule has 118 valence electrons. The second-order valence-corrected chi connectivity index (χ2v) is 6.77. The maximum absolute atomic E-state index is 6.81. The molecule has 0 amide bonds. The molecule has 2 aromatic carbocycles. The minimum absolute atomic E-state index is 0.674. The van der Waals surface area contributed by atoms with Crippen LogP contribution in [0.15, 0.2) is 36.4 Å². The number of benzene rings is 2. The van der Waals surface area contributed by atoms with Crippen molar-refractivity contribution in [3.63, 3.8) is 0 Å². The Labute approximate surface area is 136 Å². The molecule has 0 aliphatic heterocycles. The summed E-state index contributed by atoms with van der Waals surface area (Å²) in [4.78, 5) is 0. The van der Waals surface area contributed by atoms with Crippen molar-refractivity contribution in [2.24, 2.45) is 0 Å². The Morgan fingerprint density at radius 1 is 0.636 bits per heavy atom. The molecular weight excluding hydrogens is 323 g/mol. The van der Waals surface area contributed by atoms with Gasteiger partial charge in [-0.2, -0.15) is 0 Å². The molecule has 0 saturated carbocycles. The molecule has 0 aliphatic rings. The smallest absolute Gasteiger partial charge is 0.131 e. The van der Waals surface area contributed by atoms with E-state index >= 15 is 0 Å². The molecule has 22 heavy (non-hydrogen) atoms. The molecule has 0 bridgehead atoms. The van der Waals surface area contributed by atoms with Gasteiger partial charge in [-0.25, -0.2) is 0 Å². The lowest BCUT2D eigenvalue weighted by molar-refractivity contribution is 0.399. The van der Waals surface area contributed by atoms with E-state index in [0.717, 1.165) is 10.6 Å². The first kappa shape index (κ1) is 16.7. The zero-order chi connectivity index (χ0) is 16.1. The molecule has 0 unspecified atom stereocenters. The lowest BCUT2D eigenvalue weighted by atomic mass is 10.3. The molecule has 0 spiro atoms. The predicted molar refractivity (Wildman–Crippen MR) is 91.1 cm³/mol. The van der Waals surface area contributed by atoms with E-state index in [1.54, 1.807) is 28.4 Å². The maximum atomic E-state index is 6.81. The molecule has 2 rings (SSSR count). The van der Waals surface area contributed by atoms with Gasteiger partial charge in [0.1, 0.15) is 23.0 Å². The van der Waals surface area contributed by atoms with Gasteiger partial charge < -0.3 is 18.9 Å². The standard InChI is InChI=1S/C16H18ClO4P/c1-18-11-7-5-8-12(19-2)15(11)22(17)16-13(20-3)9-6-10-14(16)21-4/h5-10H,1-4H3. The molecule has 0 heterocycles. The zero-order valence-corrected chi connectivity index (χ0v) is 14.6. The number of ether oxygens (including phenoxy) is 4. The van der Waals surface area contributed by atoms with E-state index < -0.39 is 7.27 Å². The molecule has 0 radical (unpaired) electrons. The summed E-state index contributed by atoms with van der Waals surface area (Å²) in [6, 6.07) is 11.2. The van der Waals surface area contributed by atoms with Gasteiger partial charge in [-0.3, -0.25) is 0 Å². The summed E-state index contributed by atoms with van der Waals surface area (Å²) in [7, 11) is 5.13. The van der Waals surface area contributed by atoms with Gasteiger partial charge in [0.05, 0.1) is 46.3 Å². The van der Waals surface area contributed by atoms with E-state index in [0.29, 0.717) is 23.0 Å². The van der Waals surface area contributed by atoms with Crippen LogP contribution >= 0.6 is 18.5 Å². The van der Waals surface area contributed by atoms with Crippen LogP contribution < -0.4 is 29.6 Å². The molecule has 2 aromatic rings. The van der Waals surface area contributed by atoms with Crippen LogP contribution in [-0.4, -0.2) is 28.4 Å². The Balaban J connectivity index is 2.65. The monoisotopic (exact) mass is 340 g/mol. The van der Waals surface area contributed by atoms with Gasteiger partial charge in [0, 0.05) is 0 Å². The lowest BCUT2D eigenvalue weighted by Gasteiger charge is -2.21. The topological polar surface area (TPSA) is 36.9 Å². The fourth-order valence-electron chi connectivity index (χ4n) is 2.16. The summed E-state index contributed by atoms with van der Waals surface area (Å²) >= 11 is 6.81. The molecular formula is C16H18ClO4P. The number of halogens is 1. The second kappa shape index (κ2) is 7.57. The van der Waals surface area contributed by atoms with Gasteiger partial charge in [0.2, 0.25) is 0 Å². The van der Waals surface area contributed by atoms with Gasteiger partial charge in [-0.15, -0.1) is 0 Å². The first-order valence-corrected chi connectivity index (χ1v) is 8.80. The van der Waals surface area contributed by atoms with Crippen molar-refractivity contribution in [3.05, 3.63) is 36.4 Å². The van der Waals surface area contributed by atoms with Crippen molar-refractivity contribution < 1.29 is 18.9 Å². The molecule has 0 aliphatic carbocycles. The first-order chi connectivity index (χ1) is 10.7. The van der Waals surface area contributed by atoms with Crippen molar-refractivity contribution in [2.45, 2.75) is 0 Å². The van der Waals surface area contributed by atoms with Gasteiger partial charge in [0.15, 0.2) is 0 Å². The minimum Gasteiger partial charge on any atom is -0.496 e. The number of rotatable bonds is 6. The molecule has 0 atom stereocenters. The van der Waals surface area contributed by atoms with Crippen LogP contribution in [0.2, 0.25) is 0 Å². The minimum atomic E-state index is -1.31. The summed E-state index contributed by atoms with van der Waals surface area (Å²) in [5.74, 6) is 2.70. The Bertz CT molecular complexity index is 548. The van der Waals surface area contributed by atoms with E-state index in [9.17, 15) is 0 Å². The average molecular weight is 341 g/mol. The highest BCUT2D eigenvalue weighted by Crippen LogP contribution is 2.49. The third-order valence-electron chi connectivity index (χ3n) is 3.20. The van der Waals surface area contributed by atoms with E-state index in [1.807, 2.05) is 36.4 Å². The fraction of sp³-hybridized carbons (Fsp3) is 0.250. The SMILES string of the molecule is COc1cccc(OC)c1P(Cl)c1c(OC)cccc1OC. The Morgan fingerprint density at radius 2 is 0.909 bits per heavy atom. The summed E-state index contributed by atoms with van der Waals surface area (Å²) in [5, 5.41) is 1.60. The Hall–Kier alpha value is -1.64. The Kier molecular flexibility index (Phi) is 5.76. The van der Waals surface area contributed by atoms with Crippen LogP contribution in [0.1, 0.15) is 0 Å². The van der Waals surface area contributed by atoms with Crippen molar-refractivity contribution >= 4 is 29.1 Å². The summed E-state index contributed by atoms with van der Waals surface area (Å²) in [5.41, 5.74) is 0. The zero-order valence-electron chi connectivity index (χ0n) is 12.9. The van der Waals surface area contributed by atoms with E-state index in [-0.39, 0.29) is 0 Å². The largest absolute Gasteiger partial charge is 0.496 e. The third-order valence-corrected chi connectivity index (χ3v) is 5.88. The molecule has 0 N–H and O–H groups in total. The van der Waals surface area contributed by atoms with Crippen molar-refractivity contribution in [1.82, 2.24) is 0 Å². The van der Waals surface area contributed by atoms with Crippen LogP contribution in [0.3, 0.4) is 0 Å². The highest BCUT2D eigenvalue weighted by atomic mass is 35.7. The van der Waals surface area contributed by atoms with Gasteiger partial charge in [-0.05, 0) is 24.3 Å². The quantitative estimate of drug-likeness (QED) is 0.756. The van der Waals surface area contributed by atoms with Crippen molar-refractivity contribution in [1.29, 1.82) is 0 Å². The van der Waals surface area contributed by atoms with Crippen molar-refractivity contribution in [2.75, 3.05) is 28.4 Å². The van der Waals surface area contributed by atoms with Crippen molar-refractivity contribution in [3.8, 4) is 23.0 Å². The normalized spacial score (nSPS) is 10.5. The number of hydrogen-bond donors (Lipinski definition) is 0. The second-order valence-electron chi connectivity index (χ2n) is 4.30. The fourth-order valence-corrected chi connectivity index (χ4v) is 4.82. The first-order valence-electron chi connectivity index (χ1n) is 6.55. The van der Waals surface area contributed by atoms with Crippen LogP contribution in [0.25, 0.3) is 0 Å². The number of hydrogen-bond acceptors (Lipinski definition) is 4. The summed E-state index contributed by atoms with van der Waals surface area (Å²) in [6.45, 7) is 0. The molecule has 6 heteroatoms. The van der Waals surface area contributed by atoms with E-state index in [2.05, 4.69) is 0 Å². The van der Waals surface area contributed by atoms with Gasteiger partial charge >= 0.3 is 0 Å². The van der Waals surface area contributed by atoms with Crippen LogP contribution in [-0.2, 0) is 0 Å². The number of methoxy groups -OCH3 is 4. The third kappa shape index (κ3) is 3.08. The van der Waals surface area contributed by atoms with Crippen LogP contribution in [0, 0.1) is 0 Å². The van der Waals surface area contributed by atoms with Gasteiger partial charge in [0.25, 0.3) is 0 Å². The Morgan fingerprint density at radius 3 is 1.14 bits per heavy atom. The lowest BCUT2D eigenvalue weighted by Crippen LogP contribution is -2.17. The van der Waals surface area contributed by atoms with E-state index in [4.69, 9.17) is 30.2 Å². The molecule has 0 fully saturated rings. The predicted octanol–water partition coefficient (Wildman–Crippen LogP) is 3.31. The van der Waals surface area contributed by atoms with Crippen LogP contribution in [0.5, 0.6) is 23.0 Å². The van der Waals surface area contributed by atoms with Crippen LogP contribution in [0.4, 0.5) is 0 Å². The van der Waals surface area contributed by atoms with E-state index in [1.165, 1.54) is 0 Å². The highest BCUT2D eigenvalue weighted by molar-refractivity contribution is 7.96. The molecule has 0 aromatic heterocycles. The molecule has 0 saturated heterocycles. The molecule has 4 nitrogen and oxygen atoms in total. The van der Waals surface area contributed by atoms with Gasteiger partial charge in [-0.1, -0.05) is 23.4 Å².